The molecule has 2 N–H and O–H groups in total. The molecule has 6 nitrogen and oxygen atoms in total. The normalized spacial score (nSPS) is 25.4. The number of carbonyl (C=O) groups excluding carboxylic acids is 2. The lowest BCUT2D eigenvalue weighted by Crippen LogP contribution is -2.38. The molecule has 1 aromatic carbocycles. The first-order valence-electron chi connectivity index (χ1n) is 10.6. The Kier molecular flexibility index (Phi) is 5.12. The molecule has 7 heteroatoms. The third-order valence-corrected chi connectivity index (χ3v) is 6.37. The van der Waals surface area contributed by atoms with Crippen molar-refractivity contribution in [3.63, 3.8) is 0 Å². The number of halogens is 1. The number of amides is 1. The summed E-state index contributed by atoms with van der Waals surface area (Å²) in [7, 11) is 0. The van der Waals surface area contributed by atoms with Crippen molar-refractivity contribution in [3.05, 3.63) is 29.7 Å². The molecule has 30 heavy (non-hydrogen) atoms. The van der Waals surface area contributed by atoms with Gasteiger partial charge in [0.15, 0.2) is 0 Å². The fraction of sp³-hybridized carbons (Fsp3) is 0.565. The number of esters is 1. The molecule has 0 spiro atoms. The molecule has 1 aromatic heterocycles. The van der Waals surface area contributed by atoms with Crippen LogP contribution in [-0.4, -0.2) is 47.5 Å². The number of aromatic amines is 1. The van der Waals surface area contributed by atoms with Gasteiger partial charge in [-0.3, -0.25) is 9.69 Å². The number of carbonyl (C=O) groups is 2. The van der Waals surface area contributed by atoms with Gasteiger partial charge in [0.2, 0.25) is 5.91 Å². The van der Waals surface area contributed by atoms with E-state index >= 15 is 0 Å². The minimum Gasteiger partial charge on any atom is -0.461 e. The van der Waals surface area contributed by atoms with Crippen LogP contribution in [-0.2, 0) is 9.53 Å². The minimum absolute atomic E-state index is 0.138. The van der Waals surface area contributed by atoms with Gasteiger partial charge in [-0.25, -0.2) is 9.18 Å². The second-order valence-electron chi connectivity index (χ2n) is 9.95. The third-order valence-electron chi connectivity index (χ3n) is 6.37. The molecule has 1 aliphatic heterocycles. The number of benzene rings is 1. The Morgan fingerprint density at radius 1 is 1.30 bits per heavy atom. The lowest BCUT2D eigenvalue weighted by molar-refractivity contribution is -0.117. The molecule has 162 valence electrons. The lowest BCUT2D eigenvalue weighted by Gasteiger charge is -2.39. The van der Waals surface area contributed by atoms with Crippen molar-refractivity contribution in [2.24, 2.45) is 10.8 Å². The molecule has 2 heterocycles. The van der Waals surface area contributed by atoms with Crippen LogP contribution in [0.1, 0.15) is 57.4 Å². The van der Waals surface area contributed by atoms with Gasteiger partial charge in [0.1, 0.15) is 11.5 Å². The first-order valence-corrected chi connectivity index (χ1v) is 10.6. The number of aromatic nitrogens is 1. The van der Waals surface area contributed by atoms with Gasteiger partial charge >= 0.3 is 5.97 Å². The van der Waals surface area contributed by atoms with Crippen molar-refractivity contribution in [2.75, 3.05) is 25.0 Å². The van der Waals surface area contributed by atoms with Gasteiger partial charge in [0.05, 0.1) is 18.8 Å². The zero-order valence-corrected chi connectivity index (χ0v) is 18.1. The van der Waals surface area contributed by atoms with Crippen molar-refractivity contribution >= 4 is 28.5 Å². The lowest BCUT2D eigenvalue weighted by atomic mass is 9.65. The summed E-state index contributed by atoms with van der Waals surface area (Å²) >= 11 is 0. The highest BCUT2D eigenvalue weighted by atomic mass is 19.1. The standard InChI is InChI=1S/C23H30FN3O3/c1-5-30-21(29)20-19(16-8-14(24)6-7-17(16)25-20)26-18(28)11-27-13-23(4)10-15(27)9-22(2,3)12-23/h6-8,15,25H,5,9-13H2,1-4H3,(H,26,28)/t15-,23-/m0/s1. The molecule has 0 unspecified atom stereocenters. The van der Waals surface area contributed by atoms with Gasteiger partial charge in [0.25, 0.3) is 0 Å². The van der Waals surface area contributed by atoms with E-state index < -0.39 is 11.8 Å². The van der Waals surface area contributed by atoms with E-state index in [1.807, 2.05) is 0 Å². The van der Waals surface area contributed by atoms with Crippen LogP contribution in [0.15, 0.2) is 18.2 Å². The average Bonchev–Trinajstić information content (AvgIpc) is 3.08. The second kappa shape index (κ2) is 7.38. The van der Waals surface area contributed by atoms with Crippen molar-refractivity contribution in [1.82, 2.24) is 9.88 Å². The molecule has 2 aromatic rings. The zero-order chi connectivity index (χ0) is 21.7. The average molecular weight is 416 g/mol. The summed E-state index contributed by atoms with van der Waals surface area (Å²) in [6.45, 7) is 9.97. The molecule has 2 fully saturated rings. The smallest absolute Gasteiger partial charge is 0.356 e. The maximum Gasteiger partial charge on any atom is 0.356 e. The summed E-state index contributed by atoms with van der Waals surface area (Å²) in [5, 5.41) is 3.32. The van der Waals surface area contributed by atoms with Crippen LogP contribution in [0, 0.1) is 16.6 Å². The first kappa shape index (κ1) is 20.8. The predicted octanol–water partition coefficient (Wildman–Crippen LogP) is 4.32. The number of nitrogens with one attached hydrogen (secondary N) is 2. The topological polar surface area (TPSA) is 74.4 Å². The number of H-pyrrole nitrogens is 1. The Morgan fingerprint density at radius 3 is 2.80 bits per heavy atom. The summed E-state index contributed by atoms with van der Waals surface area (Å²) in [6, 6.07) is 4.56. The van der Waals surface area contributed by atoms with E-state index in [9.17, 15) is 14.0 Å². The number of hydrogen-bond donors (Lipinski definition) is 2. The highest BCUT2D eigenvalue weighted by Crippen LogP contribution is 2.52. The van der Waals surface area contributed by atoms with E-state index in [-0.39, 0.29) is 41.3 Å². The molecule has 1 saturated heterocycles. The van der Waals surface area contributed by atoms with E-state index in [0.29, 0.717) is 16.9 Å². The van der Waals surface area contributed by atoms with E-state index in [1.165, 1.54) is 12.1 Å². The quantitative estimate of drug-likeness (QED) is 0.713. The predicted molar refractivity (Wildman–Crippen MR) is 114 cm³/mol. The minimum atomic E-state index is -0.573. The number of nitrogens with zero attached hydrogens (tertiary/aromatic N) is 1. The summed E-state index contributed by atoms with van der Waals surface area (Å²) in [5.74, 6) is -1.22. The van der Waals surface area contributed by atoms with Crippen LogP contribution in [0.5, 0.6) is 0 Å². The van der Waals surface area contributed by atoms with Crippen molar-refractivity contribution in [1.29, 1.82) is 0 Å². The van der Waals surface area contributed by atoms with E-state index in [4.69, 9.17) is 4.74 Å². The SMILES string of the molecule is CCOC(=O)c1[nH]c2ccc(F)cc2c1NC(=O)CN1C[C@@]2(C)C[C@@H]1CC(C)(C)C2. The van der Waals surface area contributed by atoms with Gasteiger partial charge in [0, 0.05) is 23.5 Å². The van der Waals surface area contributed by atoms with Crippen molar-refractivity contribution in [3.8, 4) is 0 Å². The highest BCUT2D eigenvalue weighted by Gasteiger charge is 2.49. The van der Waals surface area contributed by atoms with Crippen molar-refractivity contribution in [2.45, 2.75) is 53.0 Å². The Balaban J connectivity index is 1.57. The number of rotatable bonds is 5. The largest absolute Gasteiger partial charge is 0.461 e. The highest BCUT2D eigenvalue weighted by molar-refractivity contribution is 6.11. The van der Waals surface area contributed by atoms with Crippen LogP contribution >= 0.6 is 0 Å². The number of fused-ring (bicyclic) bond motifs is 3. The van der Waals surface area contributed by atoms with Gasteiger partial charge < -0.3 is 15.0 Å². The van der Waals surface area contributed by atoms with Crippen LogP contribution in [0.2, 0.25) is 0 Å². The molecule has 2 atom stereocenters. The number of ether oxygens (including phenoxy) is 1. The molecular weight excluding hydrogens is 385 g/mol. The summed E-state index contributed by atoms with van der Waals surface area (Å²) in [4.78, 5) is 30.6. The van der Waals surface area contributed by atoms with Crippen LogP contribution in [0.3, 0.4) is 0 Å². The van der Waals surface area contributed by atoms with E-state index in [2.05, 4.69) is 36.0 Å². The summed E-state index contributed by atoms with van der Waals surface area (Å²) < 4.78 is 19.0. The number of anilines is 1. The zero-order valence-electron chi connectivity index (χ0n) is 18.1. The maximum absolute atomic E-state index is 13.9. The van der Waals surface area contributed by atoms with E-state index in [0.717, 1.165) is 25.8 Å². The summed E-state index contributed by atoms with van der Waals surface area (Å²) in [5.41, 5.74) is 1.49. The Hall–Kier alpha value is -2.41. The van der Waals surface area contributed by atoms with E-state index in [1.54, 1.807) is 13.0 Å². The number of hydrogen-bond acceptors (Lipinski definition) is 4. The Bertz CT molecular complexity index is 999. The fourth-order valence-corrected chi connectivity index (χ4v) is 5.78. The fourth-order valence-electron chi connectivity index (χ4n) is 5.78. The van der Waals surface area contributed by atoms with Crippen LogP contribution < -0.4 is 5.32 Å². The third kappa shape index (κ3) is 3.95. The Morgan fingerprint density at radius 2 is 2.07 bits per heavy atom. The Labute approximate surface area is 176 Å². The van der Waals surface area contributed by atoms with Gasteiger partial charge in [-0.05, 0) is 55.2 Å². The first-order chi connectivity index (χ1) is 14.1. The van der Waals surface area contributed by atoms with Crippen molar-refractivity contribution < 1.29 is 18.7 Å². The van der Waals surface area contributed by atoms with Crippen LogP contribution in [0.25, 0.3) is 10.9 Å². The molecule has 1 aliphatic carbocycles. The monoisotopic (exact) mass is 415 g/mol. The van der Waals surface area contributed by atoms with Gasteiger partial charge in [-0.1, -0.05) is 20.8 Å². The molecule has 2 aliphatic rings. The summed E-state index contributed by atoms with van der Waals surface area (Å²) in [6.07, 6.45) is 3.33. The molecule has 0 radical (unpaired) electrons. The molecule has 4 rings (SSSR count). The van der Waals surface area contributed by atoms with Gasteiger partial charge in [-0.2, -0.15) is 0 Å². The molecule has 1 amide bonds. The van der Waals surface area contributed by atoms with Crippen LogP contribution in [0.4, 0.5) is 10.1 Å². The molecule has 1 saturated carbocycles. The maximum atomic E-state index is 13.9. The molecule has 2 bridgehead atoms. The van der Waals surface area contributed by atoms with Gasteiger partial charge in [-0.15, -0.1) is 0 Å². The molecular formula is C23H30FN3O3. The number of likely N-dealkylation sites (tertiary alicyclic amines) is 1. The second-order valence-corrected chi connectivity index (χ2v) is 9.95.